The topological polar surface area (TPSA) is 96.0 Å². The monoisotopic (exact) mass is 599 g/mol. The highest BCUT2D eigenvalue weighted by atomic mass is 35.5. The summed E-state index contributed by atoms with van der Waals surface area (Å²) < 4.78 is 34.6. The van der Waals surface area contributed by atoms with E-state index in [-0.39, 0.29) is 28.8 Å². The Morgan fingerprint density at radius 2 is 1.59 bits per heavy atom. The van der Waals surface area contributed by atoms with Gasteiger partial charge < -0.3 is 15.0 Å². The van der Waals surface area contributed by atoms with Gasteiger partial charge in [0.15, 0.2) is 0 Å². The van der Waals surface area contributed by atoms with Crippen molar-refractivity contribution < 1.29 is 22.7 Å². The number of hydrogen-bond acceptors (Lipinski definition) is 5. The molecule has 3 rings (SSSR count). The van der Waals surface area contributed by atoms with Crippen molar-refractivity contribution >= 4 is 39.1 Å². The first-order valence-corrected chi connectivity index (χ1v) is 15.2. The summed E-state index contributed by atoms with van der Waals surface area (Å²) in [7, 11) is -2.78. The summed E-state index contributed by atoms with van der Waals surface area (Å²) in [4.78, 5) is 29.1. The standard InChI is InChI=1S/C31H38ClN3O5S/c1-7-26(30(37)33-31(3,4)5)34(20-23-12-8-9-13-25(23)32)29(36)21-35(27-14-10-11-15-28(27)40-6)41(38,39)24-18-16-22(2)17-19-24/h8-19,26H,7,20-21H2,1-6H3,(H,33,37). The van der Waals surface area contributed by atoms with Crippen LogP contribution in [0.1, 0.15) is 45.2 Å². The molecule has 0 heterocycles. The fourth-order valence-electron chi connectivity index (χ4n) is 4.37. The molecule has 8 nitrogen and oxygen atoms in total. The molecule has 1 N–H and O–H groups in total. The number of nitrogens with zero attached hydrogens (tertiary/aromatic N) is 2. The van der Waals surface area contributed by atoms with E-state index < -0.39 is 34.1 Å². The SMILES string of the molecule is CCC(C(=O)NC(C)(C)C)N(Cc1ccccc1Cl)C(=O)CN(c1ccccc1OC)S(=O)(=O)c1ccc(C)cc1. The van der Waals surface area contributed by atoms with Crippen LogP contribution in [-0.4, -0.2) is 50.4 Å². The van der Waals surface area contributed by atoms with Crippen molar-refractivity contribution in [3.05, 3.63) is 88.9 Å². The maximum atomic E-state index is 14.2. The third kappa shape index (κ3) is 8.01. The summed E-state index contributed by atoms with van der Waals surface area (Å²) in [6, 6.07) is 19.2. The zero-order valence-electron chi connectivity index (χ0n) is 24.3. The smallest absolute Gasteiger partial charge is 0.264 e. The number of anilines is 1. The van der Waals surface area contributed by atoms with Crippen LogP contribution in [0.15, 0.2) is 77.7 Å². The third-order valence-corrected chi connectivity index (χ3v) is 8.57. The molecule has 10 heteroatoms. The van der Waals surface area contributed by atoms with E-state index in [0.717, 1.165) is 9.87 Å². The Morgan fingerprint density at radius 1 is 0.976 bits per heavy atom. The highest BCUT2D eigenvalue weighted by Crippen LogP contribution is 2.33. The van der Waals surface area contributed by atoms with E-state index in [2.05, 4.69) is 5.32 Å². The Kier molecular flexibility index (Phi) is 10.4. The molecule has 0 radical (unpaired) electrons. The Morgan fingerprint density at radius 3 is 2.17 bits per heavy atom. The van der Waals surface area contributed by atoms with Gasteiger partial charge in [0.05, 0.1) is 17.7 Å². The molecule has 0 aliphatic rings. The summed E-state index contributed by atoms with van der Waals surface area (Å²) in [5.74, 6) is -0.626. The van der Waals surface area contributed by atoms with E-state index in [1.54, 1.807) is 67.6 Å². The molecular weight excluding hydrogens is 562 g/mol. The maximum absolute atomic E-state index is 14.2. The molecule has 0 aliphatic heterocycles. The highest BCUT2D eigenvalue weighted by molar-refractivity contribution is 7.92. The number of aryl methyl sites for hydroxylation is 1. The van der Waals surface area contributed by atoms with Gasteiger partial charge in [-0.05, 0) is 70.0 Å². The van der Waals surface area contributed by atoms with Crippen LogP contribution >= 0.6 is 11.6 Å². The molecule has 41 heavy (non-hydrogen) atoms. The molecule has 3 aromatic rings. The zero-order valence-corrected chi connectivity index (χ0v) is 25.9. The minimum Gasteiger partial charge on any atom is -0.495 e. The molecular formula is C31H38ClN3O5S. The predicted octanol–water partition coefficient (Wildman–Crippen LogP) is 5.57. The third-order valence-electron chi connectivity index (χ3n) is 6.42. The van der Waals surface area contributed by atoms with Gasteiger partial charge in [-0.2, -0.15) is 0 Å². The van der Waals surface area contributed by atoms with Gasteiger partial charge in [-0.25, -0.2) is 8.42 Å². The molecule has 0 aliphatic carbocycles. The Hall–Kier alpha value is -3.56. The van der Waals surface area contributed by atoms with Crippen LogP contribution in [0.4, 0.5) is 5.69 Å². The van der Waals surface area contributed by atoms with Gasteiger partial charge in [-0.15, -0.1) is 0 Å². The molecule has 1 atom stereocenters. The van der Waals surface area contributed by atoms with Crippen molar-refractivity contribution in [3.8, 4) is 5.75 Å². The van der Waals surface area contributed by atoms with Gasteiger partial charge >= 0.3 is 0 Å². The van der Waals surface area contributed by atoms with E-state index >= 15 is 0 Å². The van der Waals surface area contributed by atoms with Crippen molar-refractivity contribution in [2.24, 2.45) is 0 Å². The van der Waals surface area contributed by atoms with Crippen LogP contribution in [0, 0.1) is 6.92 Å². The van der Waals surface area contributed by atoms with Crippen LogP contribution in [0.25, 0.3) is 0 Å². The van der Waals surface area contributed by atoms with E-state index in [4.69, 9.17) is 16.3 Å². The van der Waals surface area contributed by atoms with E-state index in [0.29, 0.717) is 17.0 Å². The first-order chi connectivity index (χ1) is 19.3. The van der Waals surface area contributed by atoms with Crippen LogP contribution in [0.3, 0.4) is 0 Å². The average Bonchev–Trinajstić information content (AvgIpc) is 2.91. The second kappa shape index (κ2) is 13.4. The van der Waals surface area contributed by atoms with Gasteiger partial charge in [0.1, 0.15) is 18.3 Å². The molecule has 0 fully saturated rings. The Balaban J connectivity index is 2.12. The van der Waals surface area contributed by atoms with Crippen molar-refractivity contribution in [1.82, 2.24) is 10.2 Å². The lowest BCUT2D eigenvalue weighted by Crippen LogP contribution is -2.55. The van der Waals surface area contributed by atoms with E-state index in [1.165, 1.54) is 24.1 Å². The lowest BCUT2D eigenvalue weighted by molar-refractivity contribution is -0.141. The number of carbonyl (C=O) groups excluding carboxylic acids is 2. The summed E-state index contributed by atoms with van der Waals surface area (Å²) in [5.41, 5.74) is 1.19. The van der Waals surface area contributed by atoms with Crippen LogP contribution < -0.4 is 14.4 Å². The summed E-state index contributed by atoms with van der Waals surface area (Å²) in [6.07, 6.45) is 0.303. The quantitative estimate of drug-likeness (QED) is 0.311. The zero-order chi connectivity index (χ0) is 30.4. The minimum atomic E-state index is -4.22. The first-order valence-electron chi connectivity index (χ1n) is 13.4. The number of benzene rings is 3. The van der Waals surface area contributed by atoms with Gasteiger partial charge in [0.2, 0.25) is 11.8 Å². The number of ether oxygens (including phenoxy) is 1. The lowest BCUT2D eigenvalue weighted by atomic mass is 10.1. The molecule has 0 saturated carbocycles. The van der Waals surface area contributed by atoms with Crippen molar-refractivity contribution in [3.63, 3.8) is 0 Å². The van der Waals surface area contributed by atoms with Crippen molar-refractivity contribution in [1.29, 1.82) is 0 Å². The average molecular weight is 600 g/mol. The number of hydrogen-bond donors (Lipinski definition) is 1. The van der Waals surface area contributed by atoms with Gasteiger partial charge in [0.25, 0.3) is 10.0 Å². The summed E-state index contributed by atoms with van der Waals surface area (Å²) in [6.45, 7) is 8.68. The molecule has 1 unspecified atom stereocenters. The van der Waals surface area contributed by atoms with Crippen molar-refractivity contribution in [2.75, 3.05) is 18.0 Å². The number of nitrogens with one attached hydrogen (secondary N) is 1. The molecule has 0 bridgehead atoms. The number of rotatable bonds is 11. The number of carbonyl (C=O) groups is 2. The fourth-order valence-corrected chi connectivity index (χ4v) is 5.99. The van der Waals surface area contributed by atoms with Gasteiger partial charge in [-0.3, -0.25) is 13.9 Å². The molecule has 3 aromatic carbocycles. The summed E-state index contributed by atoms with van der Waals surface area (Å²) in [5, 5.41) is 3.39. The largest absolute Gasteiger partial charge is 0.495 e. The normalized spacial score (nSPS) is 12.4. The number of methoxy groups -OCH3 is 1. The number of para-hydroxylation sites is 2. The van der Waals surface area contributed by atoms with Crippen LogP contribution in [0.5, 0.6) is 5.75 Å². The van der Waals surface area contributed by atoms with Crippen LogP contribution in [-0.2, 0) is 26.2 Å². The second-order valence-electron chi connectivity index (χ2n) is 10.8. The first kappa shape index (κ1) is 32.0. The maximum Gasteiger partial charge on any atom is 0.264 e. The van der Waals surface area contributed by atoms with Crippen molar-refractivity contribution in [2.45, 2.75) is 64.1 Å². The molecule has 220 valence electrons. The van der Waals surface area contributed by atoms with E-state index in [9.17, 15) is 18.0 Å². The summed E-state index contributed by atoms with van der Waals surface area (Å²) >= 11 is 6.45. The number of sulfonamides is 1. The predicted molar refractivity (Wildman–Crippen MR) is 163 cm³/mol. The minimum absolute atomic E-state index is 0.0128. The fraction of sp³-hybridized carbons (Fsp3) is 0.355. The van der Waals surface area contributed by atoms with Gasteiger partial charge in [0, 0.05) is 17.1 Å². The number of amides is 2. The lowest BCUT2D eigenvalue weighted by Gasteiger charge is -2.35. The second-order valence-corrected chi connectivity index (χ2v) is 13.0. The van der Waals surface area contributed by atoms with E-state index in [1.807, 2.05) is 27.7 Å². The molecule has 0 spiro atoms. The Bertz CT molecular complexity index is 1470. The Labute approximate surface area is 248 Å². The molecule has 2 amide bonds. The van der Waals surface area contributed by atoms with Crippen LogP contribution in [0.2, 0.25) is 5.02 Å². The highest BCUT2D eigenvalue weighted by Gasteiger charge is 2.35. The molecule has 0 aromatic heterocycles. The number of halogens is 1. The van der Waals surface area contributed by atoms with Gasteiger partial charge in [-0.1, -0.05) is 66.6 Å². The molecule has 0 saturated heterocycles.